The summed E-state index contributed by atoms with van der Waals surface area (Å²) < 4.78 is 42.6. The second-order valence-corrected chi connectivity index (χ2v) is 9.22. The summed E-state index contributed by atoms with van der Waals surface area (Å²) in [5.74, 6) is 5.70. The fraction of sp³-hybridized carbons (Fsp3) is 0.308. The maximum atomic E-state index is 13.6. The van der Waals surface area contributed by atoms with Crippen molar-refractivity contribution in [3.8, 4) is 0 Å². The molecule has 1 amide bonds. The van der Waals surface area contributed by atoms with Gasteiger partial charge in [0.25, 0.3) is 5.91 Å². The van der Waals surface area contributed by atoms with Gasteiger partial charge in [0.2, 0.25) is 0 Å². The van der Waals surface area contributed by atoms with E-state index in [0.29, 0.717) is 43.3 Å². The van der Waals surface area contributed by atoms with Crippen molar-refractivity contribution in [3.63, 3.8) is 0 Å². The van der Waals surface area contributed by atoms with Crippen molar-refractivity contribution in [2.45, 2.75) is 20.0 Å². The first kappa shape index (κ1) is 27.0. The monoisotopic (exact) mass is 528 g/mol. The third-order valence-electron chi connectivity index (χ3n) is 6.56. The smallest absolute Gasteiger partial charge is 0.397 e. The number of aromatic nitrogens is 2. The van der Waals surface area contributed by atoms with Crippen molar-refractivity contribution >= 4 is 28.7 Å². The normalized spacial score (nSPS) is 14.5. The van der Waals surface area contributed by atoms with Crippen molar-refractivity contribution in [1.29, 1.82) is 0 Å². The van der Waals surface area contributed by atoms with Crippen LogP contribution in [0, 0.1) is 13.8 Å². The van der Waals surface area contributed by atoms with E-state index in [-0.39, 0.29) is 11.3 Å². The van der Waals surface area contributed by atoms with E-state index in [1.807, 2.05) is 18.7 Å². The van der Waals surface area contributed by atoms with Crippen LogP contribution < -0.4 is 32.1 Å². The van der Waals surface area contributed by atoms with Gasteiger partial charge in [0.15, 0.2) is 0 Å². The minimum absolute atomic E-state index is 0.0567. The van der Waals surface area contributed by atoms with Gasteiger partial charge in [0, 0.05) is 67.6 Å². The predicted octanol–water partition coefficient (Wildman–Crippen LogP) is 3.36. The average molecular weight is 529 g/mol. The van der Waals surface area contributed by atoms with E-state index in [1.165, 1.54) is 11.2 Å². The van der Waals surface area contributed by atoms with Gasteiger partial charge >= 0.3 is 6.18 Å². The maximum Gasteiger partial charge on any atom is 0.416 e. The van der Waals surface area contributed by atoms with E-state index in [4.69, 9.17) is 11.6 Å². The molecule has 1 aliphatic heterocycles. The Balaban J connectivity index is 1.60. The predicted molar refractivity (Wildman–Crippen MR) is 142 cm³/mol. The van der Waals surface area contributed by atoms with E-state index in [1.54, 1.807) is 42.2 Å². The summed E-state index contributed by atoms with van der Waals surface area (Å²) in [5, 5.41) is 11.3. The Hall–Kier alpha value is -4.03. The Morgan fingerprint density at radius 2 is 1.87 bits per heavy atom. The van der Waals surface area contributed by atoms with Crippen LogP contribution >= 0.6 is 0 Å². The average Bonchev–Trinajstić information content (AvgIpc) is 3.22. The molecule has 6 N–H and O–H groups in total. The number of piperazine rings is 1. The number of benzene rings is 2. The van der Waals surface area contributed by atoms with Crippen molar-refractivity contribution < 1.29 is 18.0 Å². The molecular formula is C26H31F3N8O. The van der Waals surface area contributed by atoms with Gasteiger partial charge in [-0.25, -0.2) is 5.84 Å². The quantitative estimate of drug-likeness (QED) is 0.286. The molecule has 0 saturated carbocycles. The number of amides is 1. The summed E-state index contributed by atoms with van der Waals surface area (Å²) in [6.45, 7) is 6.16. The summed E-state index contributed by atoms with van der Waals surface area (Å²) in [6, 6.07) is 8.47. The number of anilines is 3. The van der Waals surface area contributed by atoms with Crippen LogP contribution in [0.1, 0.15) is 32.7 Å². The SMILES string of the molecule is Cc1ccc(C(=O)Nc2cc(N3CCNCC3)cc(C(F)(F)F)c2)cc1N(N)/C=C(\N)c1cnn(C)c1C. The molecular weight excluding hydrogens is 497 g/mol. The van der Waals surface area contributed by atoms with Gasteiger partial charge in [0.05, 0.1) is 23.1 Å². The summed E-state index contributed by atoms with van der Waals surface area (Å²) in [5.41, 5.74) is 9.34. The largest absolute Gasteiger partial charge is 0.416 e. The van der Waals surface area contributed by atoms with E-state index in [2.05, 4.69) is 15.7 Å². The van der Waals surface area contributed by atoms with Crippen LogP contribution in [0.15, 0.2) is 48.8 Å². The first-order chi connectivity index (χ1) is 17.9. The van der Waals surface area contributed by atoms with Gasteiger partial charge in [0.1, 0.15) is 0 Å². The summed E-state index contributed by atoms with van der Waals surface area (Å²) in [4.78, 5) is 15.0. The van der Waals surface area contributed by atoms with Crippen LogP contribution in [-0.2, 0) is 13.2 Å². The third kappa shape index (κ3) is 5.92. The van der Waals surface area contributed by atoms with Crippen LogP contribution in [0.3, 0.4) is 0 Å². The van der Waals surface area contributed by atoms with Crippen molar-refractivity contribution in [1.82, 2.24) is 15.1 Å². The molecule has 1 aromatic heterocycles. The zero-order chi connectivity index (χ0) is 27.6. The Kier molecular flexibility index (Phi) is 7.65. The van der Waals surface area contributed by atoms with Gasteiger partial charge < -0.3 is 21.3 Å². The highest BCUT2D eigenvalue weighted by Gasteiger charge is 2.32. The number of hydrogen-bond acceptors (Lipinski definition) is 7. The summed E-state index contributed by atoms with van der Waals surface area (Å²) in [6.07, 6.45) is -1.39. The molecule has 0 radical (unpaired) electrons. The Bertz CT molecular complexity index is 1360. The molecule has 38 heavy (non-hydrogen) atoms. The molecule has 1 saturated heterocycles. The molecule has 3 aromatic rings. The molecule has 1 aliphatic rings. The summed E-state index contributed by atoms with van der Waals surface area (Å²) >= 11 is 0. The number of carbonyl (C=O) groups is 1. The first-order valence-electron chi connectivity index (χ1n) is 12.0. The molecule has 0 aliphatic carbocycles. The number of carbonyl (C=O) groups excluding carboxylic acids is 1. The second-order valence-electron chi connectivity index (χ2n) is 9.22. The molecule has 4 rings (SSSR count). The minimum Gasteiger partial charge on any atom is -0.397 e. The number of alkyl halides is 3. The second kappa shape index (κ2) is 10.8. The molecule has 12 heteroatoms. The molecule has 2 heterocycles. The van der Waals surface area contributed by atoms with Crippen molar-refractivity contribution in [3.05, 3.63) is 76.7 Å². The molecule has 0 bridgehead atoms. The van der Waals surface area contributed by atoms with E-state index < -0.39 is 17.6 Å². The lowest BCUT2D eigenvalue weighted by Crippen LogP contribution is -2.43. The fourth-order valence-corrected chi connectivity index (χ4v) is 4.26. The number of nitrogens with zero attached hydrogens (tertiary/aromatic N) is 4. The Morgan fingerprint density at radius 3 is 2.50 bits per heavy atom. The zero-order valence-corrected chi connectivity index (χ0v) is 21.4. The summed E-state index contributed by atoms with van der Waals surface area (Å²) in [7, 11) is 1.80. The van der Waals surface area contributed by atoms with Gasteiger partial charge in [-0.2, -0.15) is 18.3 Å². The van der Waals surface area contributed by atoms with Crippen LogP contribution in [0.2, 0.25) is 0 Å². The van der Waals surface area contributed by atoms with Gasteiger partial charge in [-0.05, 0) is 49.7 Å². The zero-order valence-electron chi connectivity index (χ0n) is 21.4. The van der Waals surface area contributed by atoms with Crippen LogP contribution in [-0.4, -0.2) is 41.9 Å². The number of hydrogen-bond donors (Lipinski definition) is 4. The third-order valence-corrected chi connectivity index (χ3v) is 6.56. The number of nitrogens with two attached hydrogens (primary N) is 2. The first-order valence-corrected chi connectivity index (χ1v) is 12.0. The molecule has 0 unspecified atom stereocenters. The lowest BCUT2D eigenvalue weighted by molar-refractivity contribution is -0.137. The standard InChI is InChI=1S/C26H31F3N8O/c1-16-4-5-18(10-24(16)37(31)15-23(30)22-14-33-35(3)17(22)2)25(38)34-20-11-19(26(27,28)29)12-21(13-20)36-8-6-32-7-9-36/h4-5,10-15,32H,6-9,30-31H2,1-3H3,(H,34,38)/b23-15-. The van der Waals surface area contributed by atoms with Crippen molar-refractivity contribution in [2.24, 2.45) is 18.6 Å². The lowest BCUT2D eigenvalue weighted by Gasteiger charge is -2.30. The molecule has 1 fully saturated rings. The topological polar surface area (TPSA) is 117 Å². The van der Waals surface area contributed by atoms with Gasteiger partial charge in [-0.3, -0.25) is 14.5 Å². The molecule has 202 valence electrons. The highest BCUT2D eigenvalue weighted by molar-refractivity contribution is 6.05. The Labute approximate surface area is 218 Å². The minimum atomic E-state index is -4.56. The highest BCUT2D eigenvalue weighted by atomic mass is 19.4. The number of rotatable bonds is 6. The number of halogens is 3. The number of aryl methyl sites for hydroxylation is 2. The van der Waals surface area contributed by atoms with Crippen LogP contribution in [0.25, 0.3) is 5.70 Å². The molecule has 0 spiro atoms. The van der Waals surface area contributed by atoms with E-state index in [0.717, 1.165) is 29.0 Å². The lowest BCUT2D eigenvalue weighted by atomic mass is 10.1. The van der Waals surface area contributed by atoms with Crippen molar-refractivity contribution in [2.75, 3.05) is 41.4 Å². The molecule has 2 aromatic carbocycles. The van der Waals surface area contributed by atoms with Gasteiger partial charge in [-0.1, -0.05) is 6.07 Å². The molecule has 0 atom stereocenters. The Morgan fingerprint density at radius 1 is 1.16 bits per heavy atom. The van der Waals surface area contributed by atoms with E-state index >= 15 is 0 Å². The molecule has 9 nitrogen and oxygen atoms in total. The van der Waals surface area contributed by atoms with Gasteiger partial charge in [-0.15, -0.1) is 0 Å². The highest BCUT2D eigenvalue weighted by Crippen LogP contribution is 2.35. The van der Waals surface area contributed by atoms with Crippen LogP contribution in [0.5, 0.6) is 0 Å². The van der Waals surface area contributed by atoms with E-state index in [9.17, 15) is 18.0 Å². The maximum absolute atomic E-state index is 13.6. The van der Waals surface area contributed by atoms with Crippen LogP contribution in [0.4, 0.5) is 30.2 Å². The number of hydrazine groups is 1. The fourth-order valence-electron chi connectivity index (χ4n) is 4.26. The number of nitrogens with one attached hydrogen (secondary N) is 2.